The summed E-state index contributed by atoms with van der Waals surface area (Å²) in [6.45, 7) is 3.52. The molecule has 7 heteroatoms. The lowest BCUT2D eigenvalue weighted by atomic mass is 9.81. The molecule has 0 saturated carbocycles. The van der Waals surface area contributed by atoms with Gasteiger partial charge in [0.1, 0.15) is 5.41 Å². The first-order valence-corrected chi connectivity index (χ1v) is 9.34. The van der Waals surface area contributed by atoms with Crippen LogP contribution in [0.3, 0.4) is 0 Å². The quantitative estimate of drug-likeness (QED) is 0.243. The Hall–Kier alpha value is -2.86. The number of nitrogens with two attached hydrogens (primary N) is 1. The summed E-state index contributed by atoms with van der Waals surface area (Å²) >= 11 is 6.13. The van der Waals surface area contributed by atoms with Crippen LogP contribution in [0.1, 0.15) is 37.8 Å². The van der Waals surface area contributed by atoms with Crippen LogP contribution in [-0.2, 0) is 14.3 Å². The number of hydrazone groups is 1. The van der Waals surface area contributed by atoms with Crippen molar-refractivity contribution in [3.63, 3.8) is 0 Å². The lowest BCUT2D eigenvalue weighted by molar-refractivity contribution is -0.159. The zero-order valence-corrected chi connectivity index (χ0v) is 16.9. The maximum Gasteiger partial charge on any atom is 0.321 e. The zero-order valence-electron chi connectivity index (χ0n) is 16.2. The third-order valence-electron chi connectivity index (χ3n) is 4.80. The number of esters is 1. The molecule has 0 aliphatic rings. The number of hydrogen-bond donors (Lipinski definition) is 2. The van der Waals surface area contributed by atoms with E-state index in [4.69, 9.17) is 22.1 Å². The zero-order chi connectivity index (χ0) is 20.7. The van der Waals surface area contributed by atoms with E-state index < -0.39 is 17.3 Å². The number of methoxy groups -OCH3 is 1. The van der Waals surface area contributed by atoms with Crippen molar-refractivity contribution in [2.24, 2.45) is 10.5 Å². The van der Waals surface area contributed by atoms with Crippen molar-refractivity contribution >= 4 is 34.9 Å². The molecule has 0 unspecified atom stereocenters. The lowest BCUT2D eigenvalue weighted by Crippen LogP contribution is -2.45. The average molecular weight is 402 g/mol. The molecule has 0 bridgehead atoms. The van der Waals surface area contributed by atoms with Crippen LogP contribution < -0.4 is 11.2 Å². The van der Waals surface area contributed by atoms with E-state index in [0.717, 1.165) is 5.56 Å². The molecule has 1 amide bonds. The molecule has 28 heavy (non-hydrogen) atoms. The van der Waals surface area contributed by atoms with Crippen molar-refractivity contribution < 1.29 is 14.3 Å². The maximum atomic E-state index is 12.9. The Balaban J connectivity index is 2.50. The smallest absolute Gasteiger partial charge is 0.321 e. The number of benzene rings is 2. The van der Waals surface area contributed by atoms with Crippen LogP contribution in [0.4, 0.5) is 5.69 Å². The number of carbonyl (C=O) groups is 2. The molecule has 0 saturated heterocycles. The van der Waals surface area contributed by atoms with E-state index in [1.165, 1.54) is 7.11 Å². The topological polar surface area (TPSA) is 93.8 Å². The summed E-state index contributed by atoms with van der Waals surface area (Å²) < 4.78 is 4.84. The van der Waals surface area contributed by atoms with Crippen molar-refractivity contribution in [1.82, 2.24) is 5.43 Å². The Kier molecular flexibility index (Phi) is 7.18. The Morgan fingerprint density at radius 3 is 2.36 bits per heavy atom. The number of rotatable bonds is 7. The number of amides is 1. The fourth-order valence-electron chi connectivity index (χ4n) is 2.97. The number of halogens is 1. The Morgan fingerprint density at radius 2 is 1.79 bits per heavy atom. The van der Waals surface area contributed by atoms with Crippen LogP contribution in [0.25, 0.3) is 0 Å². The van der Waals surface area contributed by atoms with E-state index in [1.807, 2.05) is 30.3 Å². The second-order valence-corrected chi connectivity index (χ2v) is 6.72. The van der Waals surface area contributed by atoms with Gasteiger partial charge in [0, 0.05) is 21.8 Å². The minimum absolute atomic E-state index is 0.289. The molecule has 3 N–H and O–H groups in total. The highest BCUT2D eigenvalue weighted by molar-refractivity contribution is 6.31. The van der Waals surface area contributed by atoms with Crippen LogP contribution in [0, 0.1) is 5.41 Å². The Bertz CT molecular complexity index is 878. The highest BCUT2D eigenvalue weighted by Crippen LogP contribution is 2.29. The molecule has 0 aliphatic carbocycles. The molecule has 6 nitrogen and oxygen atoms in total. The van der Waals surface area contributed by atoms with Gasteiger partial charge in [0.15, 0.2) is 0 Å². The van der Waals surface area contributed by atoms with Crippen LogP contribution in [-0.4, -0.2) is 24.7 Å². The molecule has 2 aromatic rings. The summed E-state index contributed by atoms with van der Waals surface area (Å²) in [5.74, 6) is -1.12. The van der Waals surface area contributed by atoms with Crippen molar-refractivity contribution in [1.29, 1.82) is 0 Å². The number of anilines is 1. The second kappa shape index (κ2) is 9.37. The van der Waals surface area contributed by atoms with Crippen LogP contribution >= 0.6 is 11.6 Å². The first-order chi connectivity index (χ1) is 13.4. The van der Waals surface area contributed by atoms with Gasteiger partial charge in [-0.25, -0.2) is 5.43 Å². The van der Waals surface area contributed by atoms with E-state index in [1.54, 1.807) is 32.0 Å². The molecule has 0 radical (unpaired) electrons. The summed E-state index contributed by atoms with van der Waals surface area (Å²) in [7, 11) is 1.26. The highest BCUT2D eigenvalue weighted by atomic mass is 35.5. The molecule has 0 atom stereocenters. The van der Waals surface area contributed by atoms with E-state index in [0.29, 0.717) is 22.0 Å². The van der Waals surface area contributed by atoms with E-state index in [9.17, 15) is 9.59 Å². The van der Waals surface area contributed by atoms with Crippen molar-refractivity contribution in [2.75, 3.05) is 12.8 Å². The molecule has 2 rings (SSSR count). The van der Waals surface area contributed by atoms with Gasteiger partial charge in [0.05, 0.1) is 12.8 Å². The van der Waals surface area contributed by atoms with Gasteiger partial charge < -0.3 is 10.5 Å². The van der Waals surface area contributed by atoms with Gasteiger partial charge in [-0.3, -0.25) is 9.59 Å². The largest absolute Gasteiger partial charge is 0.468 e. The van der Waals surface area contributed by atoms with Crippen LogP contribution in [0.5, 0.6) is 0 Å². The summed E-state index contributed by atoms with van der Waals surface area (Å²) in [5.41, 5.74) is 9.58. The molecule has 0 spiro atoms. The SMILES string of the molecule is CCC(CC)(C(=O)N/N=C(/c1ccccc1)c1cc(Cl)ccc1N)C(=O)OC. The Labute approximate surface area is 169 Å². The molecule has 148 valence electrons. The first kappa shape index (κ1) is 21.4. The Morgan fingerprint density at radius 1 is 1.14 bits per heavy atom. The molecule has 0 aliphatic heterocycles. The van der Waals surface area contributed by atoms with E-state index in [-0.39, 0.29) is 12.8 Å². The minimum Gasteiger partial charge on any atom is -0.468 e. The molecule has 0 aromatic heterocycles. The monoisotopic (exact) mass is 401 g/mol. The third kappa shape index (κ3) is 4.34. The second-order valence-electron chi connectivity index (χ2n) is 6.28. The van der Waals surface area contributed by atoms with Gasteiger partial charge in [0.2, 0.25) is 0 Å². The summed E-state index contributed by atoms with van der Waals surface area (Å²) in [4.78, 5) is 25.1. The lowest BCUT2D eigenvalue weighted by Gasteiger charge is -2.26. The fourth-order valence-corrected chi connectivity index (χ4v) is 3.14. The summed E-state index contributed by atoms with van der Waals surface area (Å²) in [5, 5.41) is 4.81. The number of nitrogens with one attached hydrogen (secondary N) is 1. The number of nitrogens with zero attached hydrogens (tertiary/aromatic N) is 1. The van der Waals surface area contributed by atoms with E-state index >= 15 is 0 Å². The summed E-state index contributed by atoms with van der Waals surface area (Å²) in [6, 6.07) is 14.3. The van der Waals surface area contributed by atoms with Crippen molar-refractivity contribution in [3.8, 4) is 0 Å². The maximum absolute atomic E-state index is 12.9. The van der Waals surface area contributed by atoms with Crippen molar-refractivity contribution in [3.05, 3.63) is 64.7 Å². The predicted molar refractivity (Wildman–Crippen MR) is 111 cm³/mol. The van der Waals surface area contributed by atoms with Gasteiger partial charge in [-0.05, 0) is 31.0 Å². The third-order valence-corrected chi connectivity index (χ3v) is 5.04. The summed E-state index contributed by atoms with van der Waals surface area (Å²) in [6.07, 6.45) is 0.578. The average Bonchev–Trinajstić information content (AvgIpc) is 2.72. The van der Waals surface area contributed by atoms with Crippen LogP contribution in [0.15, 0.2) is 53.6 Å². The number of carbonyl (C=O) groups excluding carboxylic acids is 2. The fraction of sp³-hybridized carbons (Fsp3) is 0.286. The first-order valence-electron chi connectivity index (χ1n) is 8.97. The number of hydrogen-bond acceptors (Lipinski definition) is 5. The molecule has 0 fully saturated rings. The van der Waals surface area contributed by atoms with Gasteiger partial charge >= 0.3 is 5.97 Å². The number of nitrogen functional groups attached to an aromatic ring is 1. The molecular weight excluding hydrogens is 378 g/mol. The van der Waals surface area contributed by atoms with Gasteiger partial charge in [0.25, 0.3) is 5.91 Å². The van der Waals surface area contributed by atoms with Gasteiger partial charge in [-0.2, -0.15) is 5.10 Å². The van der Waals surface area contributed by atoms with Gasteiger partial charge in [-0.1, -0.05) is 55.8 Å². The van der Waals surface area contributed by atoms with Crippen LogP contribution in [0.2, 0.25) is 5.02 Å². The van der Waals surface area contributed by atoms with E-state index in [2.05, 4.69) is 10.5 Å². The van der Waals surface area contributed by atoms with Crippen molar-refractivity contribution in [2.45, 2.75) is 26.7 Å². The molecule has 2 aromatic carbocycles. The van der Waals surface area contributed by atoms with Gasteiger partial charge in [-0.15, -0.1) is 0 Å². The normalized spacial score (nSPS) is 11.8. The standard InChI is InChI=1S/C21H24ClN3O3/c1-4-21(5-2,20(27)28-3)19(26)25-24-18(14-9-7-6-8-10-14)16-13-15(22)11-12-17(16)23/h6-13H,4-5,23H2,1-3H3,(H,25,26)/b24-18-. The number of ether oxygens (including phenoxy) is 1. The predicted octanol–water partition coefficient (Wildman–Crippen LogP) is 3.77. The molecule has 0 heterocycles. The minimum atomic E-state index is -1.31. The molecular formula is C21H24ClN3O3. The highest BCUT2D eigenvalue weighted by Gasteiger charge is 2.44.